The Morgan fingerprint density at radius 2 is 1.75 bits per heavy atom. The van der Waals surface area contributed by atoms with Gasteiger partial charge in [-0.05, 0) is 55.8 Å². The van der Waals surface area contributed by atoms with Crippen LogP contribution in [0.2, 0.25) is 0 Å². The largest absolute Gasteiger partial charge is 0.494 e. The number of sulfonamides is 1. The summed E-state index contributed by atoms with van der Waals surface area (Å²) in [5.41, 5.74) is 0.218. The summed E-state index contributed by atoms with van der Waals surface area (Å²) in [6, 6.07) is 10.7. The van der Waals surface area contributed by atoms with Gasteiger partial charge < -0.3 is 19.5 Å². The first-order chi connectivity index (χ1) is 15.4. The van der Waals surface area contributed by atoms with Crippen molar-refractivity contribution in [1.82, 2.24) is 4.31 Å². The summed E-state index contributed by atoms with van der Waals surface area (Å²) in [6.45, 7) is 3.67. The lowest BCUT2D eigenvalue weighted by Gasteiger charge is -2.26. The molecule has 0 bridgehead atoms. The van der Waals surface area contributed by atoms with Gasteiger partial charge in [-0.15, -0.1) is 0 Å². The van der Waals surface area contributed by atoms with E-state index in [9.17, 15) is 17.6 Å². The van der Waals surface area contributed by atoms with E-state index in [2.05, 4.69) is 5.32 Å². The summed E-state index contributed by atoms with van der Waals surface area (Å²) in [5.74, 6) is 0.249. The molecule has 1 amide bonds. The van der Waals surface area contributed by atoms with E-state index in [4.69, 9.17) is 14.2 Å². The lowest BCUT2D eigenvalue weighted by Crippen LogP contribution is -2.40. The van der Waals surface area contributed by atoms with Crippen molar-refractivity contribution >= 4 is 21.6 Å². The number of nitrogens with one attached hydrogen (secondary N) is 1. The summed E-state index contributed by atoms with van der Waals surface area (Å²) in [7, 11) is -4.01. The zero-order valence-electron chi connectivity index (χ0n) is 17.9. The first-order valence-corrected chi connectivity index (χ1v) is 11.9. The maximum atomic E-state index is 14.3. The number of ether oxygens (including phenoxy) is 3. The smallest absolute Gasteiger partial charge is 0.246 e. The highest BCUT2D eigenvalue weighted by Gasteiger charge is 2.29. The van der Waals surface area contributed by atoms with Crippen LogP contribution >= 0.6 is 0 Å². The summed E-state index contributed by atoms with van der Waals surface area (Å²) >= 11 is 0. The van der Waals surface area contributed by atoms with Gasteiger partial charge in [0.05, 0.1) is 26.4 Å². The Labute approximate surface area is 187 Å². The van der Waals surface area contributed by atoms with Crippen LogP contribution in [0.1, 0.15) is 19.8 Å². The first kappa shape index (κ1) is 24.0. The van der Waals surface area contributed by atoms with E-state index in [1.54, 1.807) is 12.1 Å². The molecule has 1 saturated heterocycles. The Bertz CT molecular complexity index is 1010. The maximum absolute atomic E-state index is 14.3. The van der Waals surface area contributed by atoms with Crippen molar-refractivity contribution in [1.29, 1.82) is 0 Å². The van der Waals surface area contributed by atoms with Crippen LogP contribution in [0.4, 0.5) is 10.1 Å². The van der Waals surface area contributed by atoms with Gasteiger partial charge in [-0.25, -0.2) is 12.8 Å². The second-order valence-corrected chi connectivity index (χ2v) is 8.97. The minimum atomic E-state index is -4.01. The number of benzene rings is 2. The second kappa shape index (κ2) is 11.3. The van der Waals surface area contributed by atoms with Gasteiger partial charge in [-0.2, -0.15) is 4.31 Å². The van der Waals surface area contributed by atoms with Crippen LogP contribution in [0, 0.1) is 5.82 Å². The predicted molar refractivity (Wildman–Crippen MR) is 117 cm³/mol. The Hall–Kier alpha value is -2.69. The highest BCUT2D eigenvalue weighted by atomic mass is 32.2. The molecule has 0 unspecified atom stereocenters. The average Bonchev–Trinajstić information content (AvgIpc) is 2.80. The third-order valence-electron chi connectivity index (χ3n) is 4.75. The predicted octanol–water partition coefficient (Wildman–Crippen LogP) is 3.04. The number of anilines is 1. The quantitative estimate of drug-likeness (QED) is 0.541. The van der Waals surface area contributed by atoms with Gasteiger partial charge in [0.1, 0.15) is 22.2 Å². The highest BCUT2D eigenvalue weighted by molar-refractivity contribution is 7.89. The van der Waals surface area contributed by atoms with Crippen LogP contribution in [-0.2, 0) is 19.6 Å². The number of hydrogen-bond donors (Lipinski definition) is 1. The molecule has 2 aromatic carbocycles. The normalized spacial score (nSPS) is 14.7. The Morgan fingerprint density at radius 3 is 2.41 bits per heavy atom. The van der Waals surface area contributed by atoms with Crippen molar-refractivity contribution in [2.75, 3.05) is 44.8 Å². The van der Waals surface area contributed by atoms with Gasteiger partial charge in [-0.3, -0.25) is 4.79 Å². The number of carbonyl (C=O) groups excluding carboxylic acids is 1. The SMILES string of the molecule is CCOc1ccc(OCCCC(=O)Nc2ccc(F)c(S(=O)(=O)N3CCOCC3)c2)cc1. The van der Waals surface area contributed by atoms with Gasteiger partial charge >= 0.3 is 0 Å². The Morgan fingerprint density at radius 1 is 1.09 bits per heavy atom. The lowest BCUT2D eigenvalue weighted by molar-refractivity contribution is -0.116. The van der Waals surface area contributed by atoms with Crippen LogP contribution in [0.3, 0.4) is 0 Å². The topological polar surface area (TPSA) is 94.2 Å². The van der Waals surface area contributed by atoms with Gasteiger partial charge in [0, 0.05) is 25.2 Å². The van der Waals surface area contributed by atoms with E-state index in [1.165, 1.54) is 10.4 Å². The molecule has 8 nitrogen and oxygen atoms in total. The van der Waals surface area contributed by atoms with Crippen molar-refractivity contribution in [2.24, 2.45) is 0 Å². The highest BCUT2D eigenvalue weighted by Crippen LogP contribution is 2.24. The molecule has 0 aliphatic carbocycles. The van der Waals surface area contributed by atoms with Crippen LogP contribution in [0.5, 0.6) is 11.5 Å². The second-order valence-electron chi connectivity index (χ2n) is 7.07. The fourth-order valence-electron chi connectivity index (χ4n) is 3.15. The number of rotatable bonds is 10. The molecule has 2 aromatic rings. The molecule has 3 rings (SSSR count). The molecule has 0 atom stereocenters. The fraction of sp³-hybridized carbons (Fsp3) is 0.409. The van der Waals surface area contributed by atoms with Crippen molar-refractivity contribution in [2.45, 2.75) is 24.7 Å². The maximum Gasteiger partial charge on any atom is 0.246 e. The molecule has 10 heteroatoms. The third kappa shape index (κ3) is 6.41. The summed E-state index contributed by atoms with van der Waals surface area (Å²) in [6.07, 6.45) is 0.624. The zero-order chi connectivity index (χ0) is 23.0. The molecule has 32 heavy (non-hydrogen) atoms. The van der Waals surface area contributed by atoms with E-state index in [1.807, 2.05) is 19.1 Å². The summed E-state index contributed by atoms with van der Waals surface area (Å²) in [5, 5.41) is 2.62. The van der Waals surface area contributed by atoms with Crippen molar-refractivity contribution in [3.8, 4) is 11.5 Å². The molecule has 1 fully saturated rings. The van der Waals surface area contributed by atoms with Gasteiger partial charge in [0.25, 0.3) is 0 Å². The fourth-order valence-corrected chi connectivity index (χ4v) is 4.65. The summed E-state index contributed by atoms with van der Waals surface area (Å²) < 4.78 is 57.1. The minimum absolute atomic E-state index is 0.159. The minimum Gasteiger partial charge on any atom is -0.494 e. The summed E-state index contributed by atoms with van der Waals surface area (Å²) in [4.78, 5) is 11.8. The molecule has 0 aromatic heterocycles. The number of amides is 1. The van der Waals surface area contributed by atoms with Crippen LogP contribution in [0.15, 0.2) is 47.4 Å². The zero-order valence-corrected chi connectivity index (χ0v) is 18.7. The van der Waals surface area contributed by atoms with E-state index in [0.717, 1.165) is 17.9 Å². The first-order valence-electron chi connectivity index (χ1n) is 10.4. The van der Waals surface area contributed by atoms with Crippen molar-refractivity contribution < 1.29 is 31.8 Å². The van der Waals surface area contributed by atoms with E-state index < -0.39 is 20.7 Å². The average molecular weight is 467 g/mol. The monoisotopic (exact) mass is 466 g/mol. The number of hydrogen-bond acceptors (Lipinski definition) is 6. The molecule has 1 heterocycles. The van der Waals surface area contributed by atoms with Gasteiger partial charge in [0.2, 0.25) is 15.9 Å². The third-order valence-corrected chi connectivity index (χ3v) is 6.67. The van der Waals surface area contributed by atoms with E-state index in [0.29, 0.717) is 25.4 Å². The Kier molecular flexibility index (Phi) is 8.43. The van der Waals surface area contributed by atoms with E-state index in [-0.39, 0.29) is 44.3 Å². The molecule has 1 aliphatic heterocycles. The van der Waals surface area contributed by atoms with Gasteiger partial charge in [0.15, 0.2) is 0 Å². The lowest BCUT2D eigenvalue weighted by atomic mass is 10.2. The molecule has 0 radical (unpaired) electrons. The molecule has 0 spiro atoms. The van der Waals surface area contributed by atoms with Crippen LogP contribution < -0.4 is 14.8 Å². The van der Waals surface area contributed by atoms with Crippen molar-refractivity contribution in [3.05, 3.63) is 48.3 Å². The van der Waals surface area contributed by atoms with Gasteiger partial charge in [-0.1, -0.05) is 0 Å². The molecule has 1 N–H and O–H groups in total. The molecule has 174 valence electrons. The number of halogens is 1. The standard InChI is InChI=1S/C22H27FN2O6S/c1-2-30-18-6-8-19(9-7-18)31-13-3-4-22(26)24-17-5-10-20(23)21(16-17)32(27,28)25-11-14-29-15-12-25/h5-10,16H,2-4,11-15H2,1H3,(H,24,26). The number of carbonyl (C=O) groups is 1. The Balaban J connectivity index is 1.51. The van der Waals surface area contributed by atoms with Crippen molar-refractivity contribution in [3.63, 3.8) is 0 Å². The number of morpholine rings is 1. The molecular weight excluding hydrogens is 439 g/mol. The molecule has 1 aliphatic rings. The molecule has 0 saturated carbocycles. The van der Waals surface area contributed by atoms with Crippen LogP contribution in [0.25, 0.3) is 0 Å². The van der Waals surface area contributed by atoms with Crippen LogP contribution in [-0.4, -0.2) is 58.1 Å². The molecular formula is C22H27FN2O6S. The van der Waals surface area contributed by atoms with E-state index >= 15 is 0 Å². The number of nitrogens with zero attached hydrogens (tertiary/aromatic N) is 1.